The first kappa shape index (κ1) is 23.6. The lowest BCUT2D eigenvalue weighted by Gasteiger charge is -2.20. The first-order valence-corrected chi connectivity index (χ1v) is 9.49. The van der Waals surface area contributed by atoms with E-state index in [9.17, 15) is 8.78 Å². The van der Waals surface area contributed by atoms with E-state index < -0.39 is 18.1 Å². The molecule has 0 atom stereocenters. The Labute approximate surface area is 176 Å². The summed E-state index contributed by atoms with van der Waals surface area (Å²) in [6.45, 7) is 5.07. The van der Waals surface area contributed by atoms with Crippen molar-refractivity contribution in [3.05, 3.63) is 70.3 Å². The molecular weight excluding hydrogens is 390 g/mol. The average Bonchev–Trinajstić information content (AvgIpc) is 2.72. The molecular formula is C24H28F2O4. The Morgan fingerprint density at radius 2 is 1.63 bits per heavy atom. The summed E-state index contributed by atoms with van der Waals surface area (Å²) in [7, 11) is 4.54. The number of hydrogen-bond donors (Lipinski definition) is 0. The van der Waals surface area contributed by atoms with Crippen molar-refractivity contribution in [1.29, 1.82) is 0 Å². The van der Waals surface area contributed by atoms with Crippen LogP contribution in [0.15, 0.2) is 42.0 Å². The molecule has 0 bridgehead atoms. The van der Waals surface area contributed by atoms with Gasteiger partial charge in [-0.1, -0.05) is 23.8 Å². The van der Waals surface area contributed by atoms with Crippen molar-refractivity contribution in [2.75, 3.05) is 21.3 Å². The summed E-state index contributed by atoms with van der Waals surface area (Å²) in [5.74, 6) is -0.615. The van der Waals surface area contributed by atoms with Crippen LogP contribution in [0.5, 0.6) is 11.5 Å². The van der Waals surface area contributed by atoms with Gasteiger partial charge in [0.15, 0.2) is 11.6 Å². The molecule has 0 unspecified atom stereocenters. The van der Waals surface area contributed by atoms with Crippen LogP contribution in [0.4, 0.5) is 8.78 Å². The third-order valence-corrected chi connectivity index (χ3v) is 4.47. The molecule has 0 aliphatic carbocycles. The van der Waals surface area contributed by atoms with E-state index in [1.165, 1.54) is 25.9 Å². The molecule has 162 valence electrons. The molecule has 2 aromatic rings. The van der Waals surface area contributed by atoms with Crippen LogP contribution in [0.3, 0.4) is 0 Å². The van der Waals surface area contributed by atoms with Crippen LogP contribution in [0.1, 0.15) is 37.5 Å². The molecule has 0 radical (unpaired) electrons. The molecule has 0 aliphatic rings. The first-order valence-electron chi connectivity index (χ1n) is 9.49. The molecule has 0 aliphatic heterocycles. The number of benzene rings is 2. The summed E-state index contributed by atoms with van der Waals surface area (Å²) < 4.78 is 48.5. The van der Waals surface area contributed by atoms with Crippen molar-refractivity contribution >= 4 is 11.6 Å². The van der Waals surface area contributed by atoms with E-state index >= 15 is 0 Å². The summed E-state index contributed by atoms with van der Waals surface area (Å²) in [6.07, 6.45) is 4.49. The van der Waals surface area contributed by atoms with Gasteiger partial charge in [-0.25, -0.2) is 8.78 Å². The molecule has 0 saturated heterocycles. The second kappa shape index (κ2) is 10.9. The lowest BCUT2D eigenvalue weighted by Crippen LogP contribution is -2.21. The lowest BCUT2D eigenvalue weighted by atomic mass is 9.98. The number of hydrogen-bond acceptors (Lipinski definition) is 4. The number of rotatable bonds is 9. The largest absolute Gasteiger partial charge is 0.496 e. The van der Waals surface area contributed by atoms with E-state index in [4.69, 9.17) is 18.9 Å². The summed E-state index contributed by atoms with van der Waals surface area (Å²) in [4.78, 5) is 0. The van der Waals surface area contributed by atoms with Crippen LogP contribution in [0.25, 0.3) is 11.6 Å². The van der Waals surface area contributed by atoms with Gasteiger partial charge in [-0.2, -0.15) is 0 Å². The van der Waals surface area contributed by atoms with E-state index in [-0.39, 0.29) is 0 Å². The van der Waals surface area contributed by atoms with Crippen LogP contribution in [-0.2, 0) is 15.9 Å². The monoisotopic (exact) mass is 418 g/mol. The normalized spacial score (nSPS) is 11.6. The molecule has 4 nitrogen and oxygen atoms in total. The minimum absolute atomic E-state index is 0.554. The molecule has 0 heterocycles. The van der Waals surface area contributed by atoms with Crippen molar-refractivity contribution in [2.24, 2.45) is 0 Å². The van der Waals surface area contributed by atoms with E-state index in [2.05, 4.69) is 6.08 Å². The van der Waals surface area contributed by atoms with E-state index in [1.807, 2.05) is 26.8 Å². The standard InChI is InChI=1S/C24H28F2O4/c1-15(2)7-9-18-13-19(16(3)11-17-8-10-20(25)21(26)12-17)23(27-4)14-22(18)30-24(28-5)29-6/h7-8,10-14,24H,9H2,1-6H3/b16-11+. The van der Waals surface area contributed by atoms with Gasteiger partial charge < -0.3 is 18.9 Å². The smallest absolute Gasteiger partial charge is 0.315 e. The zero-order chi connectivity index (χ0) is 22.3. The van der Waals surface area contributed by atoms with Gasteiger partial charge in [0.2, 0.25) is 0 Å². The fourth-order valence-corrected chi connectivity index (χ4v) is 2.89. The predicted molar refractivity (Wildman–Crippen MR) is 114 cm³/mol. The minimum Gasteiger partial charge on any atom is -0.496 e. The molecule has 30 heavy (non-hydrogen) atoms. The van der Waals surface area contributed by atoms with Crippen LogP contribution in [0, 0.1) is 11.6 Å². The number of ether oxygens (including phenoxy) is 4. The van der Waals surface area contributed by atoms with E-state index in [0.29, 0.717) is 23.5 Å². The van der Waals surface area contributed by atoms with Gasteiger partial charge in [0.05, 0.1) is 7.11 Å². The lowest BCUT2D eigenvalue weighted by molar-refractivity contribution is -0.219. The Morgan fingerprint density at radius 1 is 0.933 bits per heavy atom. The fourth-order valence-electron chi connectivity index (χ4n) is 2.89. The van der Waals surface area contributed by atoms with Crippen LogP contribution < -0.4 is 9.47 Å². The van der Waals surface area contributed by atoms with Gasteiger partial charge >= 0.3 is 6.48 Å². The van der Waals surface area contributed by atoms with Crippen molar-refractivity contribution in [3.8, 4) is 11.5 Å². The average molecular weight is 418 g/mol. The molecule has 0 fully saturated rings. The maximum atomic E-state index is 13.6. The minimum atomic E-state index is -0.887. The zero-order valence-corrected chi connectivity index (χ0v) is 18.2. The molecule has 6 heteroatoms. The van der Waals surface area contributed by atoms with Crippen molar-refractivity contribution < 1.29 is 27.7 Å². The third-order valence-electron chi connectivity index (χ3n) is 4.47. The summed E-state index contributed by atoms with van der Waals surface area (Å²) in [6, 6.07) is 7.53. The Hall–Kier alpha value is -2.70. The molecule has 0 amide bonds. The number of halogens is 2. The quantitative estimate of drug-likeness (QED) is 0.284. The van der Waals surface area contributed by atoms with Gasteiger partial charge in [0.1, 0.15) is 11.5 Å². The number of methoxy groups -OCH3 is 3. The molecule has 0 saturated carbocycles. The van der Waals surface area contributed by atoms with Crippen LogP contribution in [-0.4, -0.2) is 27.8 Å². The Bertz CT molecular complexity index is 927. The van der Waals surface area contributed by atoms with Crippen molar-refractivity contribution in [3.63, 3.8) is 0 Å². The highest BCUT2D eigenvalue weighted by atomic mass is 19.2. The van der Waals surface area contributed by atoms with E-state index in [1.54, 1.807) is 19.3 Å². The van der Waals surface area contributed by atoms with E-state index in [0.717, 1.165) is 28.8 Å². The summed E-state index contributed by atoms with van der Waals surface area (Å²) in [5.41, 5.74) is 4.28. The Kier molecular flexibility index (Phi) is 8.57. The SMILES string of the molecule is COc1cc(OC(OC)OC)c(CC=C(C)C)cc1/C(C)=C/c1ccc(F)c(F)c1. The molecule has 0 spiro atoms. The molecule has 2 rings (SSSR count). The van der Waals surface area contributed by atoms with Gasteiger partial charge in [-0.15, -0.1) is 0 Å². The van der Waals surface area contributed by atoms with Gasteiger partial charge in [0.25, 0.3) is 0 Å². The Morgan fingerprint density at radius 3 is 2.20 bits per heavy atom. The van der Waals surface area contributed by atoms with Gasteiger partial charge in [0, 0.05) is 25.8 Å². The Balaban J connectivity index is 2.54. The van der Waals surface area contributed by atoms with Crippen molar-refractivity contribution in [2.45, 2.75) is 33.7 Å². The maximum Gasteiger partial charge on any atom is 0.315 e. The van der Waals surface area contributed by atoms with Crippen molar-refractivity contribution in [1.82, 2.24) is 0 Å². The molecule has 2 aromatic carbocycles. The first-order chi connectivity index (χ1) is 14.3. The highest BCUT2D eigenvalue weighted by molar-refractivity contribution is 5.83. The van der Waals surface area contributed by atoms with Crippen LogP contribution in [0.2, 0.25) is 0 Å². The summed E-state index contributed by atoms with van der Waals surface area (Å²) in [5, 5.41) is 0. The fraction of sp³-hybridized carbons (Fsp3) is 0.333. The molecule has 0 aromatic heterocycles. The third kappa shape index (κ3) is 6.15. The molecule has 0 N–H and O–H groups in total. The highest BCUT2D eigenvalue weighted by Crippen LogP contribution is 2.35. The predicted octanol–water partition coefficient (Wildman–Crippen LogP) is 6.00. The topological polar surface area (TPSA) is 36.9 Å². The van der Waals surface area contributed by atoms with Crippen LogP contribution >= 0.6 is 0 Å². The number of allylic oxidation sites excluding steroid dienone is 3. The summed E-state index contributed by atoms with van der Waals surface area (Å²) >= 11 is 0. The van der Waals surface area contributed by atoms with Gasteiger partial charge in [-0.3, -0.25) is 0 Å². The second-order valence-corrected chi connectivity index (χ2v) is 7.02. The van der Waals surface area contributed by atoms with Gasteiger partial charge in [-0.05, 0) is 62.1 Å². The maximum absolute atomic E-state index is 13.6. The highest BCUT2D eigenvalue weighted by Gasteiger charge is 2.16. The zero-order valence-electron chi connectivity index (χ0n) is 18.2. The second-order valence-electron chi connectivity index (χ2n) is 7.02.